The average Bonchev–Trinajstić information content (AvgIpc) is 2.19. The van der Waals surface area contributed by atoms with Gasteiger partial charge >= 0.3 is 0 Å². The number of hydrogen-bond acceptors (Lipinski definition) is 2. The third-order valence-electron chi connectivity index (χ3n) is 2.03. The van der Waals surface area contributed by atoms with Crippen LogP contribution in [-0.2, 0) is 5.88 Å². The zero-order valence-electron chi connectivity index (χ0n) is 7.59. The molecule has 14 heavy (non-hydrogen) atoms. The lowest BCUT2D eigenvalue weighted by molar-refractivity contribution is 0.635. The van der Waals surface area contributed by atoms with E-state index >= 15 is 0 Å². The van der Waals surface area contributed by atoms with Gasteiger partial charge in [-0.15, -0.1) is 11.6 Å². The summed E-state index contributed by atoms with van der Waals surface area (Å²) in [6.45, 7) is 1.82. The molecule has 0 aliphatic rings. The summed E-state index contributed by atoms with van der Waals surface area (Å²) in [7, 11) is 0. The van der Waals surface area contributed by atoms with E-state index in [1.54, 1.807) is 12.1 Å². The first-order valence-corrected chi connectivity index (χ1v) is 4.73. The zero-order valence-corrected chi connectivity index (χ0v) is 8.35. The van der Waals surface area contributed by atoms with Gasteiger partial charge in [0.1, 0.15) is 17.2 Å². The summed E-state index contributed by atoms with van der Waals surface area (Å²) in [5.74, 6) is 0.326. The Balaban J connectivity index is 2.83. The molecular weight excluding hydrogens is 203 g/mol. The summed E-state index contributed by atoms with van der Waals surface area (Å²) in [5, 5.41) is 0.735. The summed E-state index contributed by atoms with van der Waals surface area (Å²) in [4.78, 5) is 8.19. The molecule has 0 bridgehead atoms. The SMILES string of the molecule is Cc1nc(CCl)nc2c(F)cccc12. The van der Waals surface area contributed by atoms with E-state index in [0.29, 0.717) is 11.3 Å². The third kappa shape index (κ3) is 1.44. The molecule has 0 spiro atoms. The molecule has 0 aliphatic carbocycles. The highest BCUT2D eigenvalue weighted by Gasteiger charge is 2.06. The molecule has 0 fully saturated rings. The van der Waals surface area contributed by atoms with Crippen LogP contribution < -0.4 is 0 Å². The van der Waals surface area contributed by atoms with Gasteiger partial charge in [-0.3, -0.25) is 0 Å². The molecule has 0 amide bonds. The van der Waals surface area contributed by atoms with Gasteiger partial charge in [0.2, 0.25) is 0 Å². The van der Waals surface area contributed by atoms with Crippen molar-refractivity contribution in [1.82, 2.24) is 9.97 Å². The van der Waals surface area contributed by atoms with Crippen LogP contribution in [0.4, 0.5) is 4.39 Å². The summed E-state index contributed by atoms with van der Waals surface area (Å²) in [5.41, 5.74) is 1.10. The van der Waals surface area contributed by atoms with Crippen LogP contribution in [-0.4, -0.2) is 9.97 Å². The number of hydrogen-bond donors (Lipinski definition) is 0. The van der Waals surface area contributed by atoms with Crippen LogP contribution >= 0.6 is 11.6 Å². The van der Waals surface area contributed by atoms with E-state index in [1.165, 1.54) is 6.07 Å². The minimum absolute atomic E-state index is 0.200. The molecule has 0 aliphatic heterocycles. The molecule has 0 atom stereocenters. The highest BCUT2D eigenvalue weighted by Crippen LogP contribution is 2.18. The Labute approximate surface area is 85.8 Å². The van der Waals surface area contributed by atoms with Crippen LogP contribution in [0.25, 0.3) is 10.9 Å². The lowest BCUT2D eigenvalue weighted by Gasteiger charge is -2.03. The standard InChI is InChI=1S/C10H8ClFN2/c1-6-7-3-2-4-8(12)10(7)14-9(5-11)13-6/h2-4H,5H2,1H3. The maximum Gasteiger partial charge on any atom is 0.149 e. The Hall–Kier alpha value is -1.22. The fourth-order valence-corrected chi connectivity index (χ4v) is 1.51. The van der Waals surface area contributed by atoms with E-state index in [-0.39, 0.29) is 11.7 Å². The largest absolute Gasteiger partial charge is 0.236 e. The van der Waals surface area contributed by atoms with Crippen molar-refractivity contribution in [3.8, 4) is 0 Å². The summed E-state index contributed by atoms with van der Waals surface area (Å²) in [6.07, 6.45) is 0. The Morgan fingerprint density at radius 1 is 1.36 bits per heavy atom. The Bertz CT molecular complexity index is 485. The van der Waals surface area contributed by atoms with E-state index < -0.39 is 0 Å². The maximum absolute atomic E-state index is 13.3. The zero-order chi connectivity index (χ0) is 10.1. The van der Waals surface area contributed by atoms with Crippen molar-refractivity contribution in [2.45, 2.75) is 12.8 Å². The van der Waals surface area contributed by atoms with Crippen LogP contribution in [0.2, 0.25) is 0 Å². The molecule has 0 N–H and O–H groups in total. The molecule has 0 radical (unpaired) electrons. The number of benzene rings is 1. The molecule has 2 nitrogen and oxygen atoms in total. The van der Waals surface area contributed by atoms with Gasteiger partial charge in [-0.25, -0.2) is 14.4 Å². The van der Waals surface area contributed by atoms with Gasteiger partial charge in [0.25, 0.3) is 0 Å². The van der Waals surface area contributed by atoms with E-state index in [1.807, 2.05) is 6.92 Å². The smallest absolute Gasteiger partial charge is 0.149 e. The summed E-state index contributed by atoms with van der Waals surface area (Å²) in [6, 6.07) is 4.83. The molecular formula is C10H8ClFN2. The van der Waals surface area contributed by atoms with Gasteiger partial charge in [-0.1, -0.05) is 12.1 Å². The van der Waals surface area contributed by atoms with E-state index in [4.69, 9.17) is 11.6 Å². The molecule has 0 unspecified atom stereocenters. The lowest BCUT2D eigenvalue weighted by atomic mass is 10.2. The molecule has 1 aromatic heterocycles. The van der Waals surface area contributed by atoms with Crippen LogP contribution in [0, 0.1) is 12.7 Å². The van der Waals surface area contributed by atoms with Crippen LogP contribution in [0.15, 0.2) is 18.2 Å². The maximum atomic E-state index is 13.3. The Morgan fingerprint density at radius 2 is 2.14 bits per heavy atom. The number of nitrogens with zero attached hydrogens (tertiary/aromatic N) is 2. The molecule has 0 saturated carbocycles. The van der Waals surface area contributed by atoms with Crippen molar-refractivity contribution in [3.63, 3.8) is 0 Å². The number of para-hydroxylation sites is 1. The van der Waals surface area contributed by atoms with Crippen LogP contribution in [0.3, 0.4) is 0 Å². The second-order valence-corrected chi connectivity index (χ2v) is 3.26. The summed E-state index contributed by atoms with van der Waals surface area (Å²) < 4.78 is 13.3. The molecule has 2 rings (SSSR count). The van der Waals surface area contributed by atoms with E-state index in [9.17, 15) is 4.39 Å². The molecule has 0 saturated heterocycles. The molecule has 4 heteroatoms. The topological polar surface area (TPSA) is 25.8 Å². The monoisotopic (exact) mass is 210 g/mol. The van der Waals surface area contributed by atoms with Crippen molar-refractivity contribution in [1.29, 1.82) is 0 Å². The van der Waals surface area contributed by atoms with Gasteiger partial charge in [0.05, 0.1) is 5.88 Å². The molecule has 72 valence electrons. The quantitative estimate of drug-likeness (QED) is 0.677. The Kier molecular flexibility index (Phi) is 2.33. The highest BCUT2D eigenvalue weighted by molar-refractivity contribution is 6.16. The number of aromatic nitrogens is 2. The van der Waals surface area contributed by atoms with Gasteiger partial charge in [-0.05, 0) is 13.0 Å². The normalized spacial score (nSPS) is 10.8. The fourth-order valence-electron chi connectivity index (χ4n) is 1.39. The van der Waals surface area contributed by atoms with Gasteiger partial charge in [0, 0.05) is 11.1 Å². The predicted octanol–water partition coefficient (Wildman–Crippen LogP) is 2.82. The molecule has 1 aromatic carbocycles. The second-order valence-electron chi connectivity index (χ2n) is 2.99. The number of fused-ring (bicyclic) bond motifs is 1. The number of alkyl halides is 1. The number of rotatable bonds is 1. The minimum atomic E-state index is -0.334. The summed E-state index contributed by atoms with van der Waals surface area (Å²) >= 11 is 5.60. The van der Waals surface area contributed by atoms with E-state index in [0.717, 1.165) is 11.1 Å². The third-order valence-corrected chi connectivity index (χ3v) is 2.27. The highest BCUT2D eigenvalue weighted by atomic mass is 35.5. The molecule has 2 aromatic rings. The minimum Gasteiger partial charge on any atom is -0.236 e. The van der Waals surface area contributed by atoms with Crippen molar-refractivity contribution >= 4 is 22.5 Å². The van der Waals surface area contributed by atoms with Crippen LogP contribution in [0.1, 0.15) is 11.5 Å². The van der Waals surface area contributed by atoms with Crippen LogP contribution in [0.5, 0.6) is 0 Å². The van der Waals surface area contributed by atoms with E-state index in [2.05, 4.69) is 9.97 Å². The Morgan fingerprint density at radius 3 is 2.86 bits per heavy atom. The first-order chi connectivity index (χ1) is 6.72. The molecule has 1 heterocycles. The van der Waals surface area contributed by atoms with Crippen molar-refractivity contribution in [3.05, 3.63) is 35.5 Å². The van der Waals surface area contributed by atoms with Crippen molar-refractivity contribution < 1.29 is 4.39 Å². The van der Waals surface area contributed by atoms with Gasteiger partial charge in [-0.2, -0.15) is 0 Å². The lowest BCUT2D eigenvalue weighted by Crippen LogP contribution is -1.97. The first kappa shape index (κ1) is 9.34. The fraction of sp³-hybridized carbons (Fsp3) is 0.200. The van der Waals surface area contributed by atoms with Crippen molar-refractivity contribution in [2.75, 3.05) is 0 Å². The number of aryl methyl sites for hydroxylation is 1. The second kappa shape index (κ2) is 3.50. The number of halogens is 2. The van der Waals surface area contributed by atoms with Crippen molar-refractivity contribution in [2.24, 2.45) is 0 Å². The van der Waals surface area contributed by atoms with Gasteiger partial charge in [0.15, 0.2) is 0 Å². The predicted molar refractivity (Wildman–Crippen MR) is 53.8 cm³/mol. The van der Waals surface area contributed by atoms with Gasteiger partial charge < -0.3 is 0 Å². The first-order valence-electron chi connectivity index (χ1n) is 4.20. The average molecular weight is 211 g/mol.